The van der Waals surface area contributed by atoms with Gasteiger partial charge in [-0.05, 0) is 11.6 Å². The zero-order valence-electron chi connectivity index (χ0n) is 15.3. The number of imide groups is 2. The Balaban J connectivity index is 2.08. The molecule has 1 aliphatic rings. The van der Waals surface area contributed by atoms with Crippen LogP contribution in [0.5, 0.6) is 0 Å². The van der Waals surface area contributed by atoms with Crippen LogP contribution < -0.4 is 0 Å². The fourth-order valence-electron chi connectivity index (χ4n) is 3.48. The Morgan fingerprint density at radius 1 is 1.00 bits per heavy atom. The maximum atomic E-state index is 12.8. The Labute approximate surface area is 155 Å². The van der Waals surface area contributed by atoms with E-state index in [1.807, 2.05) is 0 Å². The number of fused-ring (bicyclic) bond motifs is 1. The molecule has 1 saturated heterocycles. The molecule has 0 radical (unpaired) electrons. The molecule has 140 valence electrons. The van der Waals surface area contributed by atoms with Gasteiger partial charge in [-0.3, -0.25) is 38.3 Å². The summed E-state index contributed by atoms with van der Waals surface area (Å²) >= 11 is 0. The molecule has 3 rings (SSSR count). The second-order valence-corrected chi connectivity index (χ2v) is 6.51. The number of carbonyl (C=O) groups excluding carboxylic acids is 5. The highest BCUT2D eigenvalue weighted by molar-refractivity contribution is 6.10. The predicted octanol–water partition coefficient (Wildman–Crippen LogP) is 0.976. The lowest BCUT2D eigenvalue weighted by Crippen LogP contribution is -2.62. The first-order valence-corrected chi connectivity index (χ1v) is 8.46. The Bertz CT molecular complexity index is 990. The average molecular weight is 369 g/mol. The number of amides is 4. The number of piperazine rings is 1. The number of nitrogens with zero attached hydrogens (tertiary/aromatic N) is 3. The molecule has 0 spiro atoms. The van der Waals surface area contributed by atoms with Gasteiger partial charge in [-0.2, -0.15) is 0 Å². The van der Waals surface area contributed by atoms with E-state index in [1.54, 1.807) is 30.5 Å². The van der Waals surface area contributed by atoms with Crippen molar-refractivity contribution in [1.82, 2.24) is 14.4 Å². The first kappa shape index (κ1) is 18.5. The van der Waals surface area contributed by atoms with Crippen LogP contribution >= 0.6 is 0 Å². The molecular formula is C19H19N3O5. The summed E-state index contributed by atoms with van der Waals surface area (Å²) in [6.45, 7) is 3.39. The molecular weight excluding hydrogens is 350 g/mol. The summed E-state index contributed by atoms with van der Waals surface area (Å²) < 4.78 is 1.46. The van der Waals surface area contributed by atoms with Crippen molar-refractivity contribution < 1.29 is 24.0 Å². The highest BCUT2D eigenvalue weighted by atomic mass is 16.2. The summed E-state index contributed by atoms with van der Waals surface area (Å²) in [5.74, 6) is -2.50. The maximum absolute atomic E-state index is 12.8. The molecule has 4 amide bonds. The average Bonchev–Trinajstić information content (AvgIpc) is 2.96. The molecule has 27 heavy (non-hydrogen) atoms. The molecule has 1 fully saturated rings. The lowest BCUT2D eigenvalue weighted by Gasteiger charge is -2.37. The van der Waals surface area contributed by atoms with Gasteiger partial charge in [0.15, 0.2) is 0 Å². The topological polar surface area (TPSA) is 96.8 Å². The highest BCUT2D eigenvalue weighted by Gasteiger charge is 2.43. The van der Waals surface area contributed by atoms with Crippen molar-refractivity contribution in [3.63, 3.8) is 0 Å². The first-order chi connectivity index (χ1) is 12.7. The predicted molar refractivity (Wildman–Crippen MR) is 95.7 cm³/mol. The highest BCUT2D eigenvalue weighted by Crippen LogP contribution is 2.26. The van der Waals surface area contributed by atoms with Gasteiger partial charge in [-0.25, -0.2) is 0 Å². The second-order valence-electron chi connectivity index (χ2n) is 6.51. The minimum atomic E-state index is -1.13. The number of benzene rings is 1. The van der Waals surface area contributed by atoms with Gasteiger partial charge in [0.05, 0.1) is 5.52 Å². The number of carbonyl (C=O) groups is 5. The summed E-state index contributed by atoms with van der Waals surface area (Å²) in [5.41, 5.74) is 1.32. The smallest absolute Gasteiger partial charge is 0.253 e. The monoisotopic (exact) mass is 369 g/mol. The van der Waals surface area contributed by atoms with Gasteiger partial charge in [-0.15, -0.1) is 0 Å². The van der Waals surface area contributed by atoms with E-state index in [2.05, 4.69) is 0 Å². The second kappa shape index (κ2) is 6.79. The summed E-state index contributed by atoms with van der Waals surface area (Å²) in [6.07, 6.45) is 1.63. The normalized spacial score (nSPS) is 17.5. The van der Waals surface area contributed by atoms with Gasteiger partial charge >= 0.3 is 0 Å². The fraction of sp³-hybridized carbons (Fsp3) is 0.316. The number of aromatic nitrogens is 1. The van der Waals surface area contributed by atoms with Gasteiger partial charge in [0.25, 0.3) is 5.91 Å². The lowest BCUT2D eigenvalue weighted by molar-refractivity contribution is -0.166. The van der Waals surface area contributed by atoms with Crippen molar-refractivity contribution in [2.75, 3.05) is 6.54 Å². The maximum Gasteiger partial charge on any atom is 0.253 e. The van der Waals surface area contributed by atoms with Gasteiger partial charge < -0.3 is 0 Å². The van der Waals surface area contributed by atoms with E-state index >= 15 is 0 Å². The van der Waals surface area contributed by atoms with Crippen LogP contribution in [0.15, 0.2) is 30.5 Å². The van der Waals surface area contributed by atoms with Crippen molar-refractivity contribution >= 4 is 40.4 Å². The van der Waals surface area contributed by atoms with Crippen LogP contribution in [0.25, 0.3) is 10.9 Å². The van der Waals surface area contributed by atoms with Crippen molar-refractivity contribution in [2.45, 2.75) is 33.2 Å². The summed E-state index contributed by atoms with van der Waals surface area (Å²) in [5, 5.41) is 0.747. The van der Waals surface area contributed by atoms with Crippen molar-refractivity contribution in [3.8, 4) is 0 Å². The molecule has 0 bridgehead atoms. The van der Waals surface area contributed by atoms with Crippen LogP contribution in [0.3, 0.4) is 0 Å². The van der Waals surface area contributed by atoms with Crippen LogP contribution in [0.2, 0.25) is 0 Å². The molecule has 2 aromatic rings. The SMILES string of the molecule is CC(=O)N1CC(=O)N(C(C)=O)C(Cc2cn(C(C)=O)c3ccccc23)C1=O. The van der Waals surface area contributed by atoms with Crippen molar-refractivity contribution in [3.05, 3.63) is 36.0 Å². The lowest BCUT2D eigenvalue weighted by atomic mass is 10.00. The molecule has 0 saturated carbocycles. The molecule has 1 aromatic heterocycles. The van der Waals surface area contributed by atoms with E-state index in [4.69, 9.17) is 0 Å². The van der Waals surface area contributed by atoms with Gasteiger partial charge in [0.1, 0.15) is 12.6 Å². The van der Waals surface area contributed by atoms with E-state index in [9.17, 15) is 24.0 Å². The zero-order chi connectivity index (χ0) is 19.9. The summed E-state index contributed by atoms with van der Waals surface area (Å²) in [6, 6.07) is 6.05. The van der Waals surface area contributed by atoms with Crippen LogP contribution in [0.1, 0.15) is 31.1 Å². The Morgan fingerprint density at radius 2 is 1.67 bits per heavy atom. The number of hydrogen-bond acceptors (Lipinski definition) is 5. The number of para-hydroxylation sites is 1. The zero-order valence-corrected chi connectivity index (χ0v) is 15.3. The largest absolute Gasteiger partial charge is 0.287 e. The van der Waals surface area contributed by atoms with Crippen LogP contribution in [0.4, 0.5) is 0 Å². The molecule has 1 unspecified atom stereocenters. The quantitative estimate of drug-likeness (QED) is 0.786. The van der Waals surface area contributed by atoms with E-state index in [0.717, 1.165) is 15.2 Å². The Hall–Kier alpha value is -3.29. The Kier molecular flexibility index (Phi) is 4.65. The summed E-state index contributed by atoms with van der Waals surface area (Å²) in [4.78, 5) is 62.6. The Morgan fingerprint density at radius 3 is 2.26 bits per heavy atom. The molecule has 0 aliphatic carbocycles. The van der Waals surface area contributed by atoms with Crippen molar-refractivity contribution in [2.24, 2.45) is 0 Å². The van der Waals surface area contributed by atoms with Gasteiger partial charge in [0, 0.05) is 38.8 Å². The van der Waals surface area contributed by atoms with E-state index in [1.165, 1.54) is 25.3 Å². The third kappa shape index (κ3) is 3.14. The van der Waals surface area contributed by atoms with E-state index in [0.29, 0.717) is 11.1 Å². The molecule has 1 aliphatic heterocycles. The van der Waals surface area contributed by atoms with Crippen LogP contribution in [-0.4, -0.2) is 56.5 Å². The molecule has 8 nitrogen and oxygen atoms in total. The number of hydrogen-bond donors (Lipinski definition) is 0. The standard InChI is InChI=1S/C19H19N3O5/c1-11(23)20-9-14(15-6-4-5-7-16(15)20)8-17-19(27)21(12(2)24)10-18(26)22(17)13(3)25/h4-7,9,17H,8,10H2,1-3H3. The van der Waals surface area contributed by atoms with E-state index < -0.39 is 36.2 Å². The first-order valence-electron chi connectivity index (χ1n) is 8.46. The summed E-state index contributed by atoms with van der Waals surface area (Å²) in [7, 11) is 0. The minimum Gasteiger partial charge on any atom is -0.287 e. The van der Waals surface area contributed by atoms with Crippen LogP contribution in [0, 0.1) is 0 Å². The molecule has 8 heteroatoms. The van der Waals surface area contributed by atoms with Gasteiger partial charge in [-0.1, -0.05) is 18.2 Å². The van der Waals surface area contributed by atoms with Crippen molar-refractivity contribution in [1.29, 1.82) is 0 Å². The third-order valence-corrected chi connectivity index (χ3v) is 4.69. The fourth-order valence-corrected chi connectivity index (χ4v) is 3.48. The third-order valence-electron chi connectivity index (χ3n) is 4.69. The molecule has 1 aromatic carbocycles. The number of rotatable bonds is 2. The van der Waals surface area contributed by atoms with E-state index in [-0.39, 0.29) is 12.3 Å². The van der Waals surface area contributed by atoms with Crippen LogP contribution in [-0.2, 0) is 25.6 Å². The van der Waals surface area contributed by atoms with Gasteiger partial charge in [0.2, 0.25) is 23.6 Å². The molecule has 1 atom stereocenters. The molecule has 0 N–H and O–H groups in total. The minimum absolute atomic E-state index is 0.0225. The molecule has 2 heterocycles.